The number of amides is 1. The third-order valence-electron chi connectivity index (χ3n) is 5.82. The average Bonchev–Trinajstić information content (AvgIpc) is 3.07. The Labute approximate surface area is 200 Å². The Morgan fingerprint density at radius 1 is 1.06 bits per heavy atom. The van der Waals surface area contributed by atoms with E-state index in [1.165, 1.54) is 19.1 Å². The predicted molar refractivity (Wildman–Crippen MR) is 129 cm³/mol. The van der Waals surface area contributed by atoms with Crippen LogP contribution in [0.15, 0.2) is 42.0 Å². The van der Waals surface area contributed by atoms with Gasteiger partial charge in [-0.1, -0.05) is 6.07 Å². The molecule has 2 aromatic rings. The molecule has 0 radical (unpaired) electrons. The predicted octanol–water partition coefficient (Wildman–Crippen LogP) is 3.39. The largest absolute Gasteiger partial charge is 0.507 e. The van der Waals surface area contributed by atoms with Gasteiger partial charge in [-0.15, -0.1) is 0 Å². The molecule has 182 valence electrons. The zero-order valence-corrected chi connectivity index (χ0v) is 20.5. The number of hydrogen-bond acceptors (Lipinski definition) is 7. The van der Waals surface area contributed by atoms with Gasteiger partial charge in [0.25, 0.3) is 11.7 Å². The molecule has 0 saturated carbocycles. The van der Waals surface area contributed by atoms with Crippen LogP contribution in [0.5, 0.6) is 17.2 Å². The van der Waals surface area contributed by atoms with Gasteiger partial charge in [-0.3, -0.25) is 9.59 Å². The summed E-state index contributed by atoms with van der Waals surface area (Å²) in [5.41, 5.74) is 1.89. The Bertz CT molecular complexity index is 1110. The van der Waals surface area contributed by atoms with Crippen LogP contribution >= 0.6 is 0 Å². The molecular weight excluding hydrogens is 436 g/mol. The number of aliphatic hydroxyl groups is 1. The molecule has 1 aliphatic heterocycles. The number of carbonyl (C=O) groups is 2. The van der Waals surface area contributed by atoms with Gasteiger partial charge in [0.05, 0.1) is 32.4 Å². The number of ether oxygens (including phenoxy) is 3. The quantitative estimate of drug-likeness (QED) is 0.343. The molecule has 1 amide bonds. The fourth-order valence-corrected chi connectivity index (χ4v) is 4.09. The maximum absolute atomic E-state index is 13.2. The Kier molecular flexibility index (Phi) is 7.83. The SMILES string of the molecule is CCOc1ccc(C(O)=C2C(=O)C(=O)N(CCN(C)C)C2c2ccc(OC)c(OC)c2)c(C)c1. The number of aryl methyl sites for hydroxylation is 1. The minimum absolute atomic E-state index is 0.0447. The molecule has 8 heteroatoms. The minimum Gasteiger partial charge on any atom is -0.507 e. The van der Waals surface area contributed by atoms with Gasteiger partial charge < -0.3 is 29.1 Å². The van der Waals surface area contributed by atoms with Crippen LogP contribution in [-0.4, -0.2) is 74.6 Å². The maximum Gasteiger partial charge on any atom is 0.295 e. The summed E-state index contributed by atoms with van der Waals surface area (Å²) in [7, 11) is 6.85. The molecule has 1 fully saturated rings. The lowest BCUT2D eigenvalue weighted by Gasteiger charge is -2.27. The van der Waals surface area contributed by atoms with Crippen LogP contribution in [0, 0.1) is 6.92 Å². The third-order valence-corrected chi connectivity index (χ3v) is 5.82. The highest BCUT2D eigenvalue weighted by atomic mass is 16.5. The van der Waals surface area contributed by atoms with Crippen molar-refractivity contribution in [1.82, 2.24) is 9.80 Å². The number of ketones is 1. The van der Waals surface area contributed by atoms with E-state index in [-0.39, 0.29) is 11.3 Å². The molecule has 0 spiro atoms. The monoisotopic (exact) mass is 468 g/mol. The third kappa shape index (κ3) is 4.87. The van der Waals surface area contributed by atoms with Crippen molar-refractivity contribution in [2.45, 2.75) is 19.9 Å². The zero-order valence-electron chi connectivity index (χ0n) is 20.5. The number of carbonyl (C=O) groups excluding carboxylic acids is 2. The lowest BCUT2D eigenvalue weighted by atomic mass is 9.93. The fourth-order valence-electron chi connectivity index (χ4n) is 4.09. The van der Waals surface area contributed by atoms with E-state index in [2.05, 4.69) is 0 Å². The molecule has 1 aliphatic rings. The summed E-state index contributed by atoms with van der Waals surface area (Å²) in [6.07, 6.45) is 0. The molecule has 3 rings (SSSR count). The second-order valence-electron chi connectivity index (χ2n) is 8.32. The van der Waals surface area contributed by atoms with E-state index in [1.54, 1.807) is 36.4 Å². The van der Waals surface area contributed by atoms with E-state index in [1.807, 2.05) is 32.8 Å². The van der Waals surface area contributed by atoms with Crippen LogP contribution in [0.3, 0.4) is 0 Å². The summed E-state index contributed by atoms with van der Waals surface area (Å²) in [6.45, 7) is 5.10. The minimum atomic E-state index is -0.772. The van der Waals surface area contributed by atoms with Crippen molar-refractivity contribution >= 4 is 17.4 Å². The fraction of sp³-hybridized carbons (Fsp3) is 0.385. The van der Waals surface area contributed by atoms with Gasteiger partial charge in [0.2, 0.25) is 0 Å². The first-order valence-corrected chi connectivity index (χ1v) is 11.1. The summed E-state index contributed by atoms with van der Waals surface area (Å²) in [6, 6.07) is 9.70. The average molecular weight is 469 g/mol. The van der Waals surface area contributed by atoms with Gasteiger partial charge in [0.1, 0.15) is 11.5 Å². The maximum atomic E-state index is 13.2. The van der Waals surface area contributed by atoms with E-state index in [0.29, 0.717) is 48.1 Å². The van der Waals surface area contributed by atoms with Gasteiger partial charge in [0, 0.05) is 18.7 Å². The molecule has 34 heavy (non-hydrogen) atoms. The molecule has 0 bridgehead atoms. The van der Waals surface area contributed by atoms with Crippen molar-refractivity contribution in [3.05, 3.63) is 58.7 Å². The first kappa shape index (κ1) is 25.1. The molecular formula is C26H32N2O6. The van der Waals surface area contributed by atoms with Crippen molar-refractivity contribution < 1.29 is 28.9 Å². The highest BCUT2D eigenvalue weighted by molar-refractivity contribution is 6.46. The summed E-state index contributed by atoms with van der Waals surface area (Å²) in [4.78, 5) is 29.7. The number of nitrogens with zero attached hydrogens (tertiary/aromatic N) is 2. The second-order valence-corrected chi connectivity index (χ2v) is 8.32. The number of aliphatic hydroxyl groups excluding tert-OH is 1. The number of benzene rings is 2. The van der Waals surface area contributed by atoms with Gasteiger partial charge in [-0.2, -0.15) is 0 Å². The Morgan fingerprint density at radius 3 is 2.35 bits per heavy atom. The van der Waals surface area contributed by atoms with Crippen molar-refractivity contribution in [2.75, 3.05) is 48.0 Å². The molecule has 0 aliphatic carbocycles. The van der Waals surface area contributed by atoms with Crippen LogP contribution in [0.2, 0.25) is 0 Å². The van der Waals surface area contributed by atoms with E-state index < -0.39 is 17.7 Å². The van der Waals surface area contributed by atoms with E-state index in [9.17, 15) is 14.7 Å². The molecule has 1 heterocycles. The lowest BCUT2D eigenvalue weighted by Crippen LogP contribution is -2.35. The molecule has 0 aromatic heterocycles. The van der Waals surface area contributed by atoms with Crippen LogP contribution < -0.4 is 14.2 Å². The molecule has 1 N–H and O–H groups in total. The first-order chi connectivity index (χ1) is 16.2. The van der Waals surface area contributed by atoms with E-state index in [4.69, 9.17) is 14.2 Å². The van der Waals surface area contributed by atoms with Crippen molar-refractivity contribution in [2.24, 2.45) is 0 Å². The van der Waals surface area contributed by atoms with Gasteiger partial charge in [-0.05, 0) is 69.4 Å². The van der Waals surface area contributed by atoms with Gasteiger partial charge in [0.15, 0.2) is 11.5 Å². The summed E-state index contributed by atoms with van der Waals surface area (Å²) in [5.74, 6) is 0.0795. The summed E-state index contributed by atoms with van der Waals surface area (Å²) < 4.78 is 16.3. The first-order valence-electron chi connectivity index (χ1n) is 11.1. The Balaban J connectivity index is 2.19. The topological polar surface area (TPSA) is 88.5 Å². The van der Waals surface area contributed by atoms with E-state index in [0.717, 1.165) is 5.56 Å². The molecule has 8 nitrogen and oxygen atoms in total. The summed E-state index contributed by atoms with van der Waals surface area (Å²) in [5, 5.41) is 11.3. The van der Waals surface area contributed by atoms with Crippen molar-refractivity contribution in [3.63, 3.8) is 0 Å². The highest BCUT2D eigenvalue weighted by Gasteiger charge is 2.46. The number of rotatable bonds is 9. The smallest absolute Gasteiger partial charge is 0.295 e. The molecule has 1 saturated heterocycles. The molecule has 1 atom stereocenters. The Hall–Kier alpha value is -3.52. The van der Waals surface area contributed by atoms with Crippen LogP contribution in [0.4, 0.5) is 0 Å². The number of methoxy groups -OCH3 is 2. The van der Waals surface area contributed by atoms with Crippen LogP contribution in [0.1, 0.15) is 29.7 Å². The zero-order chi connectivity index (χ0) is 25.0. The normalized spacial score (nSPS) is 17.4. The van der Waals surface area contributed by atoms with E-state index >= 15 is 0 Å². The molecule has 1 unspecified atom stereocenters. The number of Topliss-reactive ketones (excluding diaryl/α,β-unsaturated/α-hetero) is 1. The second kappa shape index (κ2) is 10.6. The summed E-state index contributed by atoms with van der Waals surface area (Å²) >= 11 is 0. The lowest BCUT2D eigenvalue weighted by molar-refractivity contribution is -0.140. The van der Waals surface area contributed by atoms with Gasteiger partial charge in [-0.25, -0.2) is 0 Å². The Morgan fingerprint density at radius 2 is 1.76 bits per heavy atom. The number of likely N-dealkylation sites (N-methyl/N-ethyl adjacent to an activating group) is 1. The highest BCUT2D eigenvalue weighted by Crippen LogP contribution is 2.42. The van der Waals surface area contributed by atoms with Crippen molar-refractivity contribution in [1.29, 1.82) is 0 Å². The van der Waals surface area contributed by atoms with Gasteiger partial charge >= 0.3 is 0 Å². The number of hydrogen-bond donors (Lipinski definition) is 1. The van der Waals surface area contributed by atoms with Crippen LogP contribution in [0.25, 0.3) is 5.76 Å². The van der Waals surface area contributed by atoms with Crippen LogP contribution in [-0.2, 0) is 9.59 Å². The molecule has 2 aromatic carbocycles. The number of likely N-dealkylation sites (tertiary alicyclic amines) is 1. The van der Waals surface area contributed by atoms with Crippen molar-refractivity contribution in [3.8, 4) is 17.2 Å². The standard InChI is InChI=1S/C26H32N2O6/c1-7-34-18-9-10-19(16(2)14-18)24(29)22-23(17-8-11-20(32-5)21(15-17)33-6)28(13-12-27(3)4)26(31)25(22)30/h8-11,14-15,23,29H,7,12-13H2,1-6H3.